The lowest BCUT2D eigenvalue weighted by Gasteiger charge is -2.05. The third kappa shape index (κ3) is 2.91. The van der Waals surface area contributed by atoms with Gasteiger partial charge in [-0.15, -0.1) is 0 Å². The van der Waals surface area contributed by atoms with Gasteiger partial charge in [0, 0.05) is 10.7 Å². The molecule has 0 radical (unpaired) electrons. The van der Waals surface area contributed by atoms with Crippen LogP contribution in [0, 0.1) is 5.82 Å². The average Bonchev–Trinajstić information content (AvgIpc) is 2.78. The molecule has 2 N–H and O–H groups in total. The first-order valence-corrected chi connectivity index (χ1v) is 5.66. The van der Waals surface area contributed by atoms with E-state index in [9.17, 15) is 9.18 Å². The average molecular weight is 298 g/mol. The molecule has 0 saturated carbocycles. The van der Waals surface area contributed by atoms with Gasteiger partial charge in [0.1, 0.15) is 5.82 Å². The van der Waals surface area contributed by atoms with Crippen LogP contribution in [-0.4, -0.2) is 15.9 Å². The van der Waals surface area contributed by atoms with Gasteiger partial charge in [-0.2, -0.15) is 0 Å². The number of rotatable bonds is 3. The Hall–Kier alpha value is -1.69. The third-order valence-electron chi connectivity index (χ3n) is 2.17. The molecule has 6 heteroatoms. The SMILES string of the molecule is O=C(NCc1cnc[nH]1)c1ccc(Br)cc1F. The van der Waals surface area contributed by atoms with E-state index >= 15 is 0 Å². The molecule has 0 aliphatic carbocycles. The summed E-state index contributed by atoms with van der Waals surface area (Å²) in [7, 11) is 0. The van der Waals surface area contributed by atoms with E-state index in [0.29, 0.717) is 4.47 Å². The third-order valence-corrected chi connectivity index (χ3v) is 2.66. The van der Waals surface area contributed by atoms with Crippen molar-refractivity contribution in [2.45, 2.75) is 6.54 Å². The van der Waals surface area contributed by atoms with Crippen LogP contribution < -0.4 is 5.32 Å². The molecule has 2 aromatic rings. The van der Waals surface area contributed by atoms with Crippen molar-refractivity contribution in [1.82, 2.24) is 15.3 Å². The maximum Gasteiger partial charge on any atom is 0.254 e. The van der Waals surface area contributed by atoms with E-state index in [1.165, 1.54) is 18.5 Å². The fourth-order valence-corrected chi connectivity index (χ4v) is 1.66. The lowest BCUT2D eigenvalue weighted by Crippen LogP contribution is -2.23. The van der Waals surface area contributed by atoms with Crippen molar-refractivity contribution in [3.05, 3.63) is 52.3 Å². The minimum atomic E-state index is -0.554. The van der Waals surface area contributed by atoms with Gasteiger partial charge < -0.3 is 10.3 Å². The number of imidazole rings is 1. The molecule has 1 aromatic heterocycles. The molecule has 0 aliphatic rings. The molecule has 4 nitrogen and oxygen atoms in total. The second kappa shape index (κ2) is 5.09. The Morgan fingerprint density at radius 1 is 1.53 bits per heavy atom. The Kier molecular flexibility index (Phi) is 3.53. The van der Waals surface area contributed by atoms with Crippen molar-refractivity contribution in [3.63, 3.8) is 0 Å². The molecule has 17 heavy (non-hydrogen) atoms. The summed E-state index contributed by atoms with van der Waals surface area (Å²) in [4.78, 5) is 18.3. The minimum Gasteiger partial charge on any atom is -0.347 e. The van der Waals surface area contributed by atoms with Crippen LogP contribution in [0.25, 0.3) is 0 Å². The zero-order valence-electron chi connectivity index (χ0n) is 8.71. The highest BCUT2D eigenvalue weighted by Gasteiger charge is 2.11. The van der Waals surface area contributed by atoms with E-state index in [2.05, 4.69) is 31.2 Å². The number of hydrogen-bond acceptors (Lipinski definition) is 2. The van der Waals surface area contributed by atoms with Crippen LogP contribution in [0.15, 0.2) is 35.2 Å². The molecule has 0 atom stereocenters. The molecule has 1 aromatic carbocycles. The van der Waals surface area contributed by atoms with Crippen LogP contribution in [0.1, 0.15) is 16.1 Å². The zero-order chi connectivity index (χ0) is 12.3. The van der Waals surface area contributed by atoms with Gasteiger partial charge in [-0.3, -0.25) is 4.79 Å². The Morgan fingerprint density at radius 3 is 3.00 bits per heavy atom. The van der Waals surface area contributed by atoms with Crippen molar-refractivity contribution >= 4 is 21.8 Å². The first kappa shape index (κ1) is 11.8. The number of carbonyl (C=O) groups is 1. The lowest BCUT2D eigenvalue weighted by atomic mass is 10.2. The van der Waals surface area contributed by atoms with Gasteiger partial charge in [0.05, 0.1) is 24.1 Å². The van der Waals surface area contributed by atoms with Crippen molar-refractivity contribution in [1.29, 1.82) is 0 Å². The largest absolute Gasteiger partial charge is 0.347 e. The summed E-state index contributed by atoms with van der Waals surface area (Å²) in [5, 5.41) is 2.60. The van der Waals surface area contributed by atoms with E-state index in [1.807, 2.05) is 0 Å². The second-order valence-electron chi connectivity index (χ2n) is 3.38. The number of aromatic amines is 1. The van der Waals surface area contributed by atoms with E-state index in [0.717, 1.165) is 5.69 Å². The summed E-state index contributed by atoms with van der Waals surface area (Å²) in [6.07, 6.45) is 3.11. The second-order valence-corrected chi connectivity index (χ2v) is 4.30. The topological polar surface area (TPSA) is 57.8 Å². The van der Waals surface area contributed by atoms with Gasteiger partial charge in [0.2, 0.25) is 0 Å². The van der Waals surface area contributed by atoms with Crippen molar-refractivity contribution < 1.29 is 9.18 Å². The summed E-state index contributed by atoms with van der Waals surface area (Å²) in [5.74, 6) is -1.01. The predicted octanol–water partition coefficient (Wildman–Crippen LogP) is 2.24. The van der Waals surface area contributed by atoms with Gasteiger partial charge in [-0.05, 0) is 18.2 Å². The van der Waals surface area contributed by atoms with Crippen LogP contribution in [-0.2, 0) is 6.54 Å². The number of carbonyl (C=O) groups excluding carboxylic acids is 1. The lowest BCUT2D eigenvalue weighted by molar-refractivity contribution is 0.0946. The Morgan fingerprint density at radius 2 is 2.35 bits per heavy atom. The van der Waals surface area contributed by atoms with E-state index in [-0.39, 0.29) is 12.1 Å². The molecule has 1 heterocycles. The smallest absolute Gasteiger partial charge is 0.254 e. The molecule has 0 fully saturated rings. The highest BCUT2D eigenvalue weighted by atomic mass is 79.9. The molecule has 88 valence electrons. The fourth-order valence-electron chi connectivity index (χ4n) is 1.33. The number of H-pyrrole nitrogens is 1. The van der Waals surface area contributed by atoms with Crippen molar-refractivity contribution in [3.8, 4) is 0 Å². The van der Waals surface area contributed by atoms with Crippen LogP contribution in [0.2, 0.25) is 0 Å². The molecule has 0 unspecified atom stereocenters. The molecule has 0 saturated heterocycles. The first-order chi connectivity index (χ1) is 8.16. The van der Waals surface area contributed by atoms with Gasteiger partial charge in [-0.25, -0.2) is 9.37 Å². The van der Waals surface area contributed by atoms with Gasteiger partial charge in [-0.1, -0.05) is 15.9 Å². The summed E-state index contributed by atoms with van der Waals surface area (Å²) in [6, 6.07) is 4.31. The Bertz CT molecular complexity index is 528. The van der Waals surface area contributed by atoms with E-state index in [1.54, 1.807) is 12.3 Å². The predicted molar refractivity (Wildman–Crippen MR) is 63.9 cm³/mol. The highest BCUT2D eigenvalue weighted by Crippen LogP contribution is 2.15. The number of halogens is 2. The number of benzene rings is 1. The molecular weight excluding hydrogens is 289 g/mol. The van der Waals surface area contributed by atoms with Gasteiger partial charge in [0.15, 0.2) is 0 Å². The summed E-state index contributed by atoms with van der Waals surface area (Å²) >= 11 is 3.13. The monoisotopic (exact) mass is 297 g/mol. The molecule has 0 spiro atoms. The van der Waals surface area contributed by atoms with E-state index in [4.69, 9.17) is 0 Å². The van der Waals surface area contributed by atoms with Gasteiger partial charge in [0.25, 0.3) is 5.91 Å². The molecule has 1 amide bonds. The standard InChI is InChI=1S/C11H9BrFN3O/c12-7-1-2-9(10(13)3-7)11(17)15-5-8-4-14-6-16-8/h1-4,6H,5H2,(H,14,16)(H,15,17). The van der Waals surface area contributed by atoms with Crippen molar-refractivity contribution in [2.75, 3.05) is 0 Å². The molecule has 0 bridgehead atoms. The minimum absolute atomic E-state index is 0.0210. The zero-order valence-corrected chi connectivity index (χ0v) is 10.3. The molecular formula is C11H9BrFN3O. The summed E-state index contributed by atoms with van der Waals surface area (Å²) in [6.45, 7) is 0.286. The Balaban J connectivity index is 2.04. The number of hydrogen-bond donors (Lipinski definition) is 2. The van der Waals surface area contributed by atoms with Crippen molar-refractivity contribution in [2.24, 2.45) is 0 Å². The van der Waals surface area contributed by atoms with Crippen LogP contribution in [0.3, 0.4) is 0 Å². The van der Waals surface area contributed by atoms with Gasteiger partial charge >= 0.3 is 0 Å². The number of nitrogens with one attached hydrogen (secondary N) is 2. The van der Waals surface area contributed by atoms with Crippen LogP contribution in [0.5, 0.6) is 0 Å². The number of aromatic nitrogens is 2. The number of amides is 1. The van der Waals surface area contributed by atoms with E-state index < -0.39 is 11.7 Å². The quantitative estimate of drug-likeness (QED) is 0.913. The number of nitrogens with zero attached hydrogens (tertiary/aromatic N) is 1. The molecule has 0 aliphatic heterocycles. The fraction of sp³-hybridized carbons (Fsp3) is 0.0909. The normalized spacial score (nSPS) is 10.2. The van der Waals surface area contributed by atoms with Crippen LogP contribution >= 0.6 is 15.9 Å². The Labute approximate surface area is 105 Å². The summed E-state index contributed by atoms with van der Waals surface area (Å²) < 4.78 is 14.1. The summed E-state index contributed by atoms with van der Waals surface area (Å²) in [5.41, 5.74) is 0.781. The maximum atomic E-state index is 13.5. The van der Waals surface area contributed by atoms with Crippen LogP contribution in [0.4, 0.5) is 4.39 Å². The highest BCUT2D eigenvalue weighted by molar-refractivity contribution is 9.10. The maximum absolute atomic E-state index is 13.5. The molecule has 2 rings (SSSR count). The first-order valence-electron chi connectivity index (χ1n) is 4.87.